The molecule has 0 fully saturated rings. The predicted octanol–water partition coefficient (Wildman–Crippen LogP) is -0.933. The molecule has 0 aliphatic rings. The van der Waals surface area contributed by atoms with Gasteiger partial charge in [0.15, 0.2) is 0 Å². The second-order valence-corrected chi connectivity index (χ2v) is 1.51. The van der Waals surface area contributed by atoms with Gasteiger partial charge in [0.1, 0.15) is 0 Å². The van der Waals surface area contributed by atoms with Gasteiger partial charge in [-0.05, 0) is 0 Å². The van der Waals surface area contributed by atoms with Crippen LogP contribution in [0.4, 0.5) is 0 Å². The van der Waals surface area contributed by atoms with Crippen LogP contribution >= 0.6 is 0 Å². The first kappa shape index (κ1) is 11.4. The summed E-state index contributed by atoms with van der Waals surface area (Å²) in [6, 6.07) is 0. The SMILES string of the molecule is C=CCO[SH](=O)=O.[NaH]. The van der Waals surface area contributed by atoms with Crippen molar-refractivity contribution >= 4 is 40.5 Å². The fraction of sp³-hybridized carbons (Fsp3) is 0.333. The molecule has 5 heteroatoms. The summed E-state index contributed by atoms with van der Waals surface area (Å²) in [7, 11) is -2.68. The van der Waals surface area contributed by atoms with Crippen LogP contribution in [0.2, 0.25) is 0 Å². The second-order valence-electron chi connectivity index (χ2n) is 0.808. The molecule has 44 valence electrons. The first-order valence-corrected chi connectivity index (χ1v) is 2.75. The average Bonchev–Trinajstić information content (AvgIpc) is 1.61. The Balaban J connectivity index is 0. The van der Waals surface area contributed by atoms with E-state index in [1.807, 2.05) is 0 Å². The zero-order valence-corrected chi connectivity index (χ0v) is 4.56. The van der Waals surface area contributed by atoms with Crippen LogP contribution in [0.15, 0.2) is 12.7 Å². The summed E-state index contributed by atoms with van der Waals surface area (Å²) in [4.78, 5) is 0. The van der Waals surface area contributed by atoms with Crippen molar-refractivity contribution < 1.29 is 12.6 Å². The van der Waals surface area contributed by atoms with E-state index in [9.17, 15) is 8.42 Å². The fourth-order valence-electron chi connectivity index (χ4n) is 0.114. The van der Waals surface area contributed by atoms with E-state index in [4.69, 9.17) is 0 Å². The molecule has 0 N–H and O–H groups in total. The van der Waals surface area contributed by atoms with Crippen LogP contribution in [0.5, 0.6) is 0 Å². The molecule has 0 aliphatic heterocycles. The summed E-state index contributed by atoms with van der Waals surface area (Å²) < 4.78 is 23.1. The van der Waals surface area contributed by atoms with Crippen LogP contribution in [-0.2, 0) is 15.2 Å². The Morgan fingerprint density at radius 2 is 2.12 bits per heavy atom. The number of rotatable bonds is 3. The molecule has 0 aromatic heterocycles. The van der Waals surface area contributed by atoms with Crippen molar-refractivity contribution in [1.82, 2.24) is 0 Å². The van der Waals surface area contributed by atoms with Gasteiger partial charge in [-0.15, -0.1) is 6.58 Å². The molecule has 0 saturated carbocycles. The Morgan fingerprint density at radius 1 is 1.62 bits per heavy atom. The van der Waals surface area contributed by atoms with E-state index >= 15 is 0 Å². The Kier molecular flexibility index (Phi) is 10.9. The molecule has 0 spiro atoms. The monoisotopic (exact) mass is 146 g/mol. The maximum absolute atomic E-state index is 9.53. The molecule has 0 bridgehead atoms. The topological polar surface area (TPSA) is 43.4 Å². The molecular weight excluding hydrogens is 139 g/mol. The Labute approximate surface area is 72.2 Å². The third kappa shape index (κ3) is 9.82. The van der Waals surface area contributed by atoms with E-state index in [-0.39, 0.29) is 36.2 Å². The van der Waals surface area contributed by atoms with Crippen molar-refractivity contribution in [3.63, 3.8) is 0 Å². The molecule has 0 radical (unpaired) electrons. The maximum atomic E-state index is 9.53. The Bertz CT molecular complexity index is 112. The summed E-state index contributed by atoms with van der Waals surface area (Å²) in [5.74, 6) is 0. The molecule has 0 amide bonds. The number of hydrogen-bond donors (Lipinski definition) is 1. The average molecular weight is 146 g/mol. The van der Waals surface area contributed by atoms with E-state index in [1.165, 1.54) is 6.08 Å². The normalized spacial score (nSPS) is 8.12. The zero-order chi connectivity index (χ0) is 5.70. The molecule has 8 heavy (non-hydrogen) atoms. The molecule has 0 aromatic rings. The summed E-state index contributed by atoms with van der Waals surface area (Å²) in [6.45, 7) is 3.31. The van der Waals surface area contributed by atoms with Gasteiger partial charge < -0.3 is 0 Å². The molecule has 3 nitrogen and oxygen atoms in total. The van der Waals surface area contributed by atoms with Gasteiger partial charge in [-0.1, -0.05) is 6.08 Å². The summed E-state index contributed by atoms with van der Waals surface area (Å²) in [6.07, 6.45) is 1.37. The van der Waals surface area contributed by atoms with Gasteiger partial charge in [-0.3, -0.25) is 4.18 Å². The van der Waals surface area contributed by atoms with Crippen molar-refractivity contribution in [1.29, 1.82) is 0 Å². The van der Waals surface area contributed by atoms with E-state index in [1.54, 1.807) is 0 Å². The van der Waals surface area contributed by atoms with E-state index < -0.39 is 11.0 Å². The van der Waals surface area contributed by atoms with Crippen molar-refractivity contribution in [3.8, 4) is 0 Å². The van der Waals surface area contributed by atoms with Crippen molar-refractivity contribution in [3.05, 3.63) is 12.7 Å². The Hall–Kier alpha value is 0.650. The van der Waals surface area contributed by atoms with Gasteiger partial charge in [0.2, 0.25) is 0 Å². The van der Waals surface area contributed by atoms with Gasteiger partial charge in [0.25, 0.3) is 11.0 Å². The molecule has 0 atom stereocenters. The van der Waals surface area contributed by atoms with Crippen LogP contribution in [0.3, 0.4) is 0 Å². The van der Waals surface area contributed by atoms with Gasteiger partial charge in [0.05, 0.1) is 6.61 Å². The summed E-state index contributed by atoms with van der Waals surface area (Å²) >= 11 is 0. The Morgan fingerprint density at radius 3 is 2.25 bits per heavy atom. The van der Waals surface area contributed by atoms with Gasteiger partial charge in [-0.2, -0.15) is 0 Å². The fourth-order valence-corrected chi connectivity index (χ4v) is 0.341. The van der Waals surface area contributed by atoms with E-state index in [0.717, 1.165) is 0 Å². The van der Waals surface area contributed by atoms with Crippen LogP contribution in [-0.4, -0.2) is 44.6 Å². The molecule has 0 unspecified atom stereocenters. The number of thiol groups is 1. The van der Waals surface area contributed by atoms with Gasteiger partial charge in [-0.25, -0.2) is 8.42 Å². The predicted molar refractivity (Wildman–Crippen MR) is 33.6 cm³/mol. The minimum absolute atomic E-state index is 0. The quantitative estimate of drug-likeness (QED) is 0.318. The third-order valence-corrected chi connectivity index (χ3v) is 0.658. The second kappa shape index (κ2) is 7.65. The summed E-state index contributed by atoms with van der Waals surface area (Å²) in [5.41, 5.74) is 0. The van der Waals surface area contributed by atoms with Crippen LogP contribution in [0, 0.1) is 0 Å². The van der Waals surface area contributed by atoms with Crippen LogP contribution in [0.25, 0.3) is 0 Å². The van der Waals surface area contributed by atoms with Gasteiger partial charge in [0, 0.05) is 0 Å². The van der Waals surface area contributed by atoms with Crippen molar-refractivity contribution in [2.24, 2.45) is 0 Å². The van der Waals surface area contributed by atoms with Crippen LogP contribution in [0.1, 0.15) is 0 Å². The molecule has 0 aromatic carbocycles. The van der Waals surface area contributed by atoms with E-state index in [2.05, 4.69) is 10.8 Å². The van der Waals surface area contributed by atoms with Gasteiger partial charge >= 0.3 is 29.6 Å². The van der Waals surface area contributed by atoms with Crippen molar-refractivity contribution in [2.45, 2.75) is 0 Å². The van der Waals surface area contributed by atoms with Crippen molar-refractivity contribution in [2.75, 3.05) is 6.61 Å². The zero-order valence-electron chi connectivity index (χ0n) is 3.66. The minimum atomic E-state index is -2.68. The molecule has 0 aliphatic carbocycles. The third-order valence-electron chi connectivity index (χ3n) is 0.298. The molecule has 0 rings (SSSR count). The van der Waals surface area contributed by atoms with E-state index in [0.29, 0.717) is 0 Å². The van der Waals surface area contributed by atoms with Crippen LogP contribution < -0.4 is 0 Å². The molecule has 0 heterocycles. The number of hydrogen-bond acceptors (Lipinski definition) is 3. The molecular formula is C3H7NaO3S. The standard InChI is InChI=1S/C3H6O3S.Na.H/c1-2-3-6-7(4)5;;/h2,7H,1,3H2;;. The first-order valence-electron chi connectivity index (χ1n) is 1.65. The first-order chi connectivity index (χ1) is 3.27. The summed E-state index contributed by atoms with van der Waals surface area (Å²) in [5, 5.41) is 0. The molecule has 0 saturated heterocycles.